The van der Waals surface area contributed by atoms with Gasteiger partial charge in [0.05, 0.1) is 6.04 Å². The number of hydroxylamine groups is 1. The molecular weight excluding hydrogens is 306 g/mol. The van der Waals surface area contributed by atoms with Crippen molar-refractivity contribution < 1.29 is 9.94 Å². The standard InChI is InChI=1S/C17H25N5O2/c1-16(2,3)17(23)15(22-11-18-10-19-22)14(20-24-17)12-6-8-13(9-7-12)21(4)5/h6-11,14-15,20,23H,1-5H3. The van der Waals surface area contributed by atoms with Gasteiger partial charge in [-0.2, -0.15) is 10.6 Å². The van der Waals surface area contributed by atoms with Crippen molar-refractivity contribution in [1.82, 2.24) is 20.2 Å². The highest BCUT2D eigenvalue weighted by Gasteiger charge is 2.58. The molecule has 0 radical (unpaired) electrons. The van der Waals surface area contributed by atoms with Crippen molar-refractivity contribution in [1.29, 1.82) is 0 Å². The van der Waals surface area contributed by atoms with Gasteiger partial charge in [0.2, 0.25) is 5.79 Å². The van der Waals surface area contributed by atoms with Crippen LogP contribution in [0.25, 0.3) is 0 Å². The van der Waals surface area contributed by atoms with Gasteiger partial charge in [-0.25, -0.2) is 9.67 Å². The number of rotatable bonds is 3. The van der Waals surface area contributed by atoms with Crippen molar-refractivity contribution in [3.05, 3.63) is 42.5 Å². The Bertz CT molecular complexity index is 678. The number of anilines is 1. The monoisotopic (exact) mass is 331 g/mol. The highest BCUT2D eigenvalue weighted by Crippen LogP contribution is 2.49. The lowest BCUT2D eigenvalue weighted by atomic mass is 9.78. The van der Waals surface area contributed by atoms with Crippen LogP contribution < -0.4 is 10.4 Å². The Morgan fingerprint density at radius 2 is 1.92 bits per heavy atom. The van der Waals surface area contributed by atoms with Gasteiger partial charge in [0, 0.05) is 25.2 Å². The van der Waals surface area contributed by atoms with Crippen molar-refractivity contribution in [2.75, 3.05) is 19.0 Å². The first kappa shape index (κ1) is 16.9. The smallest absolute Gasteiger partial charge is 0.214 e. The van der Waals surface area contributed by atoms with Crippen LogP contribution in [0.5, 0.6) is 0 Å². The molecule has 130 valence electrons. The van der Waals surface area contributed by atoms with E-state index in [1.807, 2.05) is 64.0 Å². The Morgan fingerprint density at radius 3 is 2.42 bits per heavy atom. The van der Waals surface area contributed by atoms with Crippen LogP contribution in [0.1, 0.15) is 38.4 Å². The Balaban J connectivity index is 2.01. The van der Waals surface area contributed by atoms with Crippen molar-refractivity contribution in [3.8, 4) is 0 Å². The lowest BCUT2D eigenvalue weighted by molar-refractivity contribution is -0.272. The zero-order valence-electron chi connectivity index (χ0n) is 14.8. The average Bonchev–Trinajstić information content (AvgIpc) is 3.14. The normalized spacial score (nSPS) is 27.4. The molecular formula is C17H25N5O2. The molecule has 0 amide bonds. The van der Waals surface area contributed by atoms with E-state index in [2.05, 4.69) is 15.6 Å². The van der Waals surface area contributed by atoms with E-state index in [0.717, 1.165) is 11.3 Å². The quantitative estimate of drug-likeness (QED) is 0.895. The van der Waals surface area contributed by atoms with Crippen LogP contribution in [0.4, 0.5) is 5.69 Å². The van der Waals surface area contributed by atoms with E-state index < -0.39 is 17.2 Å². The average molecular weight is 331 g/mol. The minimum Gasteiger partial charge on any atom is -0.378 e. The zero-order chi connectivity index (χ0) is 17.5. The summed E-state index contributed by atoms with van der Waals surface area (Å²) in [4.78, 5) is 11.8. The second kappa shape index (κ2) is 5.84. The zero-order valence-corrected chi connectivity index (χ0v) is 14.8. The molecule has 1 saturated heterocycles. The molecule has 3 unspecified atom stereocenters. The second-order valence-corrected chi connectivity index (χ2v) is 7.45. The third-order valence-electron chi connectivity index (χ3n) is 4.62. The van der Waals surface area contributed by atoms with Crippen molar-refractivity contribution >= 4 is 5.69 Å². The van der Waals surface area contributed by atoms with Gasteiger partial charge in [-0.05, 0) is 17.7 Å². The van der Waals surface area contributed by atoms with Crippen LogP contribution >= 0.6 is 0 Å². The molecule has 1 aliphatic rings. The summed E-state index contributed by atoms with van der Waals surface area (Å²) in [7, 11) is 4.00. The van der Waals surface area contributed by atoms with Gasteiger partial charge in [-0.3, -0.25) is 4.84 Å². The van der Waals surface area contributed by atoms with E-state index in [9.17, 15) is 5.11 Å². The summed E-state index contributed by atoms with van der Waals surface area (Å²) in [5.41, 5.74) is 4.61. The summed E-state index contributed by atoms with van der Waals surface area (Å²) in [6, 6.07) is 7.48. The van der Waals surface area contributed by atoms with Crippen molar-refractivity contribution in [2.45, 2.75) is 38.6 Å². The minimum atomic E-state index is -1.43. The number of aliphatic hydroxyl groups is 1. The van der Waals surface area contributed by atoms with E-state index >= 15 is 0 Å². The Morgan fingerprint density at radius 1 is 1.25 bits per heavy atom. The largest absolute Gasteiger partial charge is 0.378 e. The van der Waals surface area contributed by atoms with Gasteiger partial charge >= 0.3 is 0 Å². The SMILES string of the molecule is CN(C)c1ccc(C2NOC(O)(C(C)(C)C)C2n2cncn2)cc1. The third kappa shape index (κ3) is 2.68. The number of nitrogens with zero attached hydrogens (tertiary/aromatic N) is 4. The second-order valence-electron chi connectivity index (χ2n) is 7.45. The highest BCUT2D eigenvalue weighted by molar-refractivity contribution is 5.46. The number of benzene rings is 1. The third-order valence-corrected chi connectivity index (χ3v) is 4.62. The molecule has 7 heteroatoms. The van der Waals surface area contributed by atoms with Crippen molar-refractivity contribution in [3.63, 3.8) is 0 Å². The number of hydrogen-bond donors (Lipinski definition) is 2. The maximum atomic E-state index is 11.3. The summed E-state index contributed by atoms with van der Waals surface area (Å²) >= 11 is 0. The molecule has 0 aliphatic carbocycles. The molecule has 1 aliphatic heterocycles. The molecule has 7 nitrogen and oxygen atoms in total. The van der Waals surface area contributed by atoms with Crippen LogP contribution in [0.3, 0.4) is 0 Å². The van der Waals surface area contributed by atoms with Gasteiger partial charge in [-0.15, -0.1) is 0 Å². The maximum absolute atomic E-state index is 11.3. The molecule has 0 saturated carbocycles. The minimum absolute atomic E-state index is 0.243. The van der Waals surface area contributed by atoms with Crippen LogP contribution in [0.15, 0.2) is 36.9 Å². The summed E-state index contributed by atoms with van der Waals surface area (Å²) in [6.07, 6.45) is 3.08. The van der Waals surface area contributed by atoms with E-state index in [0.29, 0.717) is 0 Å². The van der Waals surface area contributed by atoms with Gasteiger partial charge in [0.25, 0.3) is 0 Å². The predicted molar refractivity (Wildman–Crippen MR) is 91.2 cm³/mol. The Hall–Kier alpha value is -1.96. The molecule has 2 heterocycles. The van der Waals surface area contributed by atoms with Crippen LogP contribution in [0.2, 0.25) is 0 Å². The molecule has 3 atom stereocenters. The molecule has 1 fully saturated rings. The Labute approximate surface area is 142 Å². The van der Waals surface area contributed by atoms with E-state index in [1.165, 1.54) is 6.33 Å². The summed E-state index contributed by atoms with van der Waals surface area (Å²) in [6.45, 7) is 5.82. The van der Waals surface area contributed by atoms with Crippen LogP contribution in [0, 0.1) is 5.41 Å². The first-order valence-electron chi connectivity index (χ1n) is 8.01. The summed E-state index contributed by atoms with van der Waals surface area (Å²) in [5, 5.41) is 15.5. The van der Waals surface area contributed by atoms with E-state index in [-0.39, 0.29) is 6.04 Å². The topological polar surface area (TPSA) is 75.4 Å². The van der Waals surface area contributed by atoms with Crippen molar-refractivity contribution in [2.24, 2.45) is 5.41 Å². The number of nitrogens with one attached hydrogen (secondary N) is 1. The summed E-state index contributed by atoms with van der Waals surface area (Å²) in [5.74, 6) is -1.43. The molecule has 0 spiro atoms. The Kier molecular flexibility index (Phi) is 4.11. The lowest BCUT2D eigenvalue weighted by Crippen LogP contribution is -2.49. The van der Waals surface area contributed by atoms with Crippen LogP contribution in [-0.4, -0.2) is 39.8 Å². The number of hydrogen-bond acceptors (Lipinski definition) is 6. The fourth-order valence-corrected chi connectivity index (χ4v) is 3.02. The number of aromatic nitrogens is 3. The fourth-order valence-electron chi connectivity index (χ4n) is 3.02. The van der Waals surface area contributed by atoms with Crippen LogP contribution in [-0.2, 0) is 4.84 Å². The van der Waals surface area contributed by atoms with E-state index in [4.69, 9.17) is 4.84 Å². The first-order chi connectivity index (χ1) is 11.2. The molecule has 1 aromatic heterocycles. The van der Waals surface area contributed by atoms with Gasteiger partial charge in [-0.1, -0.05) is 32.9 Å². The lowest BCUT2D eigenvalue weighted by Gasteiger charge is -2.39. The van der Waals surface area contributed by atoms with Gasteiger partial charge < -0.3 is 10.0 Å². The molecule has 24 heavy (non-hydrogen) atoms. The fraction of sp³-hybridized carbons (Fsp3) is 0.529. The first-order valence-corrected chi connectivity index (χ1v) is 8.01. The van der Waals surface area contributed by atoms with Gasteiger partial charge in [0.1, 0.15) is 18.7 Å². The molecule has 0 bridgehead atoms. The molecule has 2 N–H and O–H groups in total. The van der Waals surface area contributed by atoms with Gasteiger partial charge in [0.15, 0.2) is 0 Å². The molecule has 1 aromatic carbocycles. The molecule has 3 rings (SSSR count). The summed E-state index contributed by atoms with van der Waals surface area (Å²) < 4.78 is 1.66. The highest BCUT2D eigenvalue weighted by atomic mass is 16.8. The predicted octanol–water partition coefficient (Wildman–Crippen LogP) is 1.90. The maximum Gasteiger partial charge on any atom is 0.214 e. The van der Waals surface area contributed by atoms with E-state index in [1.54, 1.807) is 11.0 Å². The molecule has 2 aromatic rings.